The molecule has 0 aliphatic rings. The van der Waals surface area contributed by atoms with Crippen molar-refractivity contribution < 1.29 is 45.7 Å². The van der Waals surface area contributed by atoms with E-state index in [1.54, 1.807) is 0 Å². The molecule has 300 valence electrons. The minimum atomic E-state index is -2.98. The normalized spacial score (nSPS) is 17.3. The molecule has 0 bridgehead atoms. The molecular weight excluding hydrogens is 877 g/mol. The highest BCUT2D eigenvalue weighted by Gasteiger charge is 2.33. The lowest BCUT2D eigenvalue weighted by molar-refractivity contribution is -0.140. The molecule has 0 heterocycles. The zero-order valence-corrected chi connectivity index (χ0v) is 41.9. The van der Waals surface area contributed by atoms with E-state index in [1.165, 1.54) is 52.6 Å². The first-order valence-electron chi connectivity index (χ1n) is 16.4. The van der Waals surface area contributed by atoms with E-state index >= 15 is 0 Å². The SMILES string of the molecule is COC(=O)CCSP(=S)(OC(C)C)OC(C)CSP(=S)(OC(C)CSP(=S)(OC(C)C)OC(C)C)OC(C)CSP(=S)(OC(C)C)OC(C)C. The van der Waals surface area contributed by atoms with Gasteiger partial charge in [0.05, 0.1) is 62.4 Å². The molecular formula is C28H60O10P4S8. The molecule has 0 saturated heterocycles. The first-order valence-corrected chi connectivity index (χ1v) is 33.3. The highest BCUT2D eigenvalue weighted by atomic mass is 32.9. The molecule has 0 rings (SSSR count). The van der Waals surface area contributed by atoms with Gasteiger partial charge in [0.2, 0.25) is 22.8 Å². The van der Waals surface area contributed by atoms with Gasteiger partial charge >= 0.3 is 5.97 Å². The summed E-state index contributed by atoms with van der Waals surface area (Å²) < 4.78 is 54.7. The van der Waals surface area contributed by atoms with Crippen LogP contribution in [0.3, 0.4) is 0 Å². The quantitative estimate of drug-likeness (QED) is 0.0525. The first-order chi connectivity index (χ1) is 22.8. The second-order valence-corrected chi connectivity index (χ2v) is 37.5. The van der Waals surface area contributed by atoms with Crippen LogP contribution >= 0.6 is 68.3 Å². The van der Waals surface area contributed by atoms with Gasteiger partial charge in [0.1, 0.15) is 0 Å². The average molecular weight is 937 g/mol. The highest BCUT2D eigenvalue weighted by molar-refractivity contribution is 8.69. The van der Waals surface area contributed by atoms with Gasteiger partial charge in [0.15, 0.2) is 0 Å². The summed E-state index contributed by atoms with van der Waals surface area (Å²) in [4.78, 5) is 11.7. The Bertz CT molecular complexity index is 1100. The fourth-order valence-electron chi connectivity index (χ4n) is 3.32. The van der Waals surface area contributed by atoms with Gasteiger partial charge in [-0.1, -0.05) is 45.5 Å². The minimum Gasteiger partial charge on any atom is -0.469 e. The Morgan fingerprint density at radius 1 is 0.460 bits per heavy atom. The third kappa shape index (κ3) is 26.1. The molecule has 50 heavy (non-hydrogen) atoms. The molecule has 0 aromatic heterocycles. The summed E-state index contributed by atoms with van der Waals surface area (Å²) in [5, 5.41) is 0. The van der Waals surface area contributed by atoms with Gasteiger partial charge < -0.3 is 40.9 Å². The topological polar surface area (TPSA) is 100 Å². The van der Waals surface area contributed by atoms with E-state index in [-0.39, 0.29) is 61.2 Å². The molecule has 0 radical (unpaired) electrons. The highest BCUT2D eigenvalue weighted by Crippen LogP contribution is 2.68. The van der Waals surface area contributed by atoms with Gasteiger partial charge in [0, 0.05) is 23.0 Å². The molecule has 22 heteroatoms. The number of hydrogen-bond acceptors (Lipinski definition) is 18. The van der Waals surface area contributed by atoms with Crippen LogP contribution in [-0.2, 0) is 92.9 Å². The maximum Gasteiger partial charge on any atom is 0.306 e. The lowest BCUT2D eigenvalue weighted by Crippen LogP contribution is -2.17. The fraction of sp³-hybridized carbons (Fsp3) is 0.964. The second kappa shape index (κ2) is 26.2. The molecule has 4 unspecified atom stereocenters. The van der Waals surface area contributed by atoms with Crippen LogP contribution in [0.4, 0.5) is 0 Å². The Hall–Kier alpha value is 3.15. The molecule has 10 nitrogen and oxygen atoms in total. The summed E-state index contributed by atoms with van der Waals surface area (Å²) >= 11 is 29.4. The van der Waals surface area contributed by atoms with E-state index in [9.17, 15) is 4.79 Å². The van der Waals surface area contributed by atoms with Crippen molar-refractivity contribution in [1.82, 2.24) is 0 Å². The molecule has 4 atom stereocenters. The Kier molecular flexibility index (Phi) is 27.9. The van der Waals surface area contributed by atoms with Crippen LogP contribution in [0, 0.1) is 0 Å². The maximum absolute atomic E-state index is 11.7. The van der Waals surface area contributed by atoms with Crippen molar-refractivity contribution in [2.45, 2.75) is 145 Å². The summed E-state index contributed by atoms with van der Waals surface area (Å²) in [6.07, 6.45) is -1.28. The molecule has 0 saturated carbocycles. The molecule has 0 amide bonds. The summed E-state index contributed by atoms with van der Waals surface area (Å²) in [5.41, 5.74) is -11.0. The van der Waals surface area contributed by atoms with Gasteiger partial charge in [-0.15, -0.1) is 0 Å². The first kappa shape index (κ1) is 53.1. The number of rotatable bonds is 29. The van der Waals surface area contributed by atoms with E-state index in [0.29, 0.717) is 23.0 Å². The van der Waals surface area contributed by atoms with Crippen molar-refractivity contribution in [3.8, 4) is 0 Å². The number of hydrogen-bond donors (Lipinski definition) is 0. The Labute approximate surface area is 339 Å². The number of esters is 1. The van der Waals surface area contributed by atoms with E-state index in [4.69, 9.17) is 88.2 Å². The predicted molar refractivity (Wildman–Crippen MR) is 236 cm³/mol. The summed E-state index contributed by atoms with van der Waals surface area (Å²) in [6.45, 7) is 25.2. The van der Waals surface area contributed by atoms with Crippen molar-refractivity contribution in [2.75, 3.05) is 30.1 Å². The molecule has 0 aliphatic heterocycles. The van der Waals surface area contributed by atoms with Crippen LogP contribution in [0.2, 0.25) is 0 Å². The van der Waals surface area contributed by atoms with Gasteiger partial charge in [-0.25, -0.2) is 0 Å². The summed E-state index contributed by atoms with van der Waals surface area (Å²) in [6, 6.07) is 0. The largest absolute Gasteiger partial charge is 0.469 e. The van der Waals surface area contributed by atoms with Crippen molar-refractivity contribution in [1.29, 1.82) is 0 Å². The van der Waals surface area contributed by atoms with Crippen molar-refractivity contribution in [3.63, 3.8) is 0 Å². The predicted octanol–water partition coefficient (Wildman–Crippen LogP) is 11.7. The summed E-state index contributed by atoms with van der Waals surface area (Å²) in [7, 11) is 1.36. The van der Waals surface area contributed by atoms with Crippen molar-refractivity contribution in [2.24, 2.45) is 0 Å². The van der Waals surface area contributed by atoms with Gasteiger partial charge in [-0.05, 0) is 137 Å². The smallest absolute Gasteiger partial charge is 0.306 e. The standard InChI is InChI=1S/C28H60O10P4S8/c1-20(2)31-39(43,32-21(3)4)48-17-26(12)37-42(46,38-27(13)18-49-40(44,33-22(5)6)34-23(7)8)50-19-25(11)36-41(45,35-24(9)10)47-16-15-28(29)30-14/h20-27H,15-19H2,1-14H3. The van der Waals surface area contributed by atoms with Crippen LogP contribution in [0.15, 0.2) is 0 Å². The zero-order chi connectivity index (χ0) is 38.9. The van der Waals surface area contributed by atoms with Gasteiger partial charge in [-0.3, -0.25) is 4.79 Å². The zero-order valence-electron chi connectivity index (χ0n) is 31.8. The molecule has 0 N–H and O–H groups in total. The number of carbonyl (C=O) groups is 1. The lowest BCUT2D eigenvalue weighted by Gasteiger charge is -2.32. The molecule has 0 aromatic rings. The van der Waals surface area contributed by atoms with Crippen LogP contribution < -0.4 is 0 Å². The monoisotopic (exact) mass is 936 g/mol. The van der Waals surface area contributed by atoms with Gasteiger partial charge in [0.25, 0.3) is 0 Å². The average Bonchev–Trinajstić information content (AvgIpc) is 2.91. The number of ether oxygens (including phenoxy) is 1. The van der Waals surface area contributed by atoms with Gasteiger partial charge in [-0.2, -0.15) is 0 Å². The fourth-order valence-corrected chi connectivity index (χ4v) is 26.4. The van der Waals surface area contributed by atoms with Crippen molar-refractivity contribution in [3.05, 3.63) is 0 Å². The van der Waals surface area contributed by atoms with Crippen LogP contribution in [-0.4, -0.2) is 84.9 Å². The number of methoxy groups -OCH3 is 1. The Balaban J connectivity index is 6.00. The molecule has 0 aromatic carbocycles. The molecule has 0 spiro atoms. The van der Waals surface area contributed by atoms with E-state index in [1.807, 2.05) is 90.0 Å². The third-order valence-electron chi connectivity index (χ3n) is 4.81. The van der Waals surface area contributed by atoms with Crippen LogP contribution in [0.25, 0.3) is 0 Å². The molecule has 0 aliphatic carbocycles. The number of carbonyl (C=O) groups excluding carboxylic acids is 1. The lowest BCUT2D eigenvalue weighted by atomic mass is 10.5. The van der Waals surface area contributed by atoms with Crippen molar-refractivity contribution >= 4 is 121 Å². The minimum absolute atomic E-state index is 0.0797. The van der Waals surface area contributed by atoms with E-state index < -0.39 is 22.8 Å². The van der Waals surface area contributed by atoms with E-state index in [2.05, 4.69) is 0 Å². The Morgan fingerprint density at radius 2 is 0.700 bits per heavy atom. The third-order valence-corrected chi connectivity index (χ3v) is 27.2. The maximum atomic E-state index is 11.7. The van der Waals surface area contributed by atoms with Crippen LogP contribution in [0.5, 0.6) is 0 Å². The molecule has 0 fully saturated rings. The Morgan fingerprint density at radius 3 is 0.940 bits per heavy atom. The van der Waals surface area contributed by atoms with Crippen LogP contribution in [0.1, 0.15) is 96.4 Å². The summed E-state index contributed by atoms with van der Waals surface area (Å²) in [5.74, 6) is 1.54. The second-order valence-electron chi connectivity index (χ2n) is 12.4. The van der Waals surface area contributed by atoms with E-state index in [0.717, 1.165) is 0 Å².